The SMILES string of the molecule is CC1CCC(OC(C)OCC2CCC(COC(C)OC3CCC(C)CC3)CC2)CC1. The van der Waals surface area contributed by atoms with Crippen LogP contribution in [0.5, 0.6) is 0 Å². The van der Waals surface area contributed by atoms with Gasteiger partial charge in [0.25, 0.3) is 0 Å². The number of ether oxygens (including phenoxy) is 4. The Morgan fingerprint density at radius 2 is 0.867 bits per heavy atom. The molecule has 0 aromatic heterocycles. The summed E-state index contributed by atoms with van der Waals surface area (Å²) in [6.45, 7) is 10.5. The second-order valence-corrected chi connectivity index (χ2v) is 10.7. The van der Waals surface area contributed by atoms with Crippen LogP contribution in [-0.4, -0.2) is 38.0 Å². The molecule has 2 atom stereocenters. The monoisotopic (exact) mass is 424 g/mol. The zero-order valence-electron chi connectivity index (χ0n) is 20.2. The Morgan fingerprint density at radius 1 is 0.533 bits per heavy atom. The summed E-state index contributed by atoms with van der Waals surface area (Å²) in [5.41, 5.74) is 0. The zero-order valence-corrected chi connectivity index (χ0v) is 20.2. The summed E-state index contributed by atoms with van der Waals surface area (Å²) in [4.78, 5) is 0. The summed E-state index contributed by atoms with van der Waals surface area (Å²) >= 11 is 0. The fourth-order valence-corrected chi connectivity index (χ4v) is 5.46. The standard InChI is InChI=1S/C26H48O4/c1-19-5-13-25(14-6-19)29-21(3)27-17-23-9-11-24(12-10-23)18-28-22(4)30-26-15-7-20(2)8-16-26/h19-26H,5-18H2,1-4H3. The molecule has 0 saturated heterocycles. The fraction of sp³-hybridized carbons (Fsp3) is 1.00. The van der Waals surface area contributed by atoms with Gasteiger partial charge in [-0.25, -0.2) is 0 Å². The van der Waals surface area contributed by atoms with E-state index in [0.717, 1.165) is 25.0 Å². The van der Waals surface area contributed by atoms with Crippen LogP contribution in [0.4, 0.5) is 0 Å². The molecule has 0 aromatic rings. The second-order valence-electron chi connectivity index (χ2n) is 10.7. The quantitative estimate of drug-likeness (QED) is 0.365. The van der Waals surface area contributed by atoms with Gasteiger partial charge in [0.1, 0.15) is 0 Å². The van der Waals surface area contributed by atoms with Gasteiger partial charge in [0.2, 0.25) is 0 Å². The highest BCUT2D eigenvalue weighted by Crippen LogP contribution is 2.31. The molecule has 30 heavy (non-hydrogen) atoms. The van der Waals surface area contributed by atoms with E-state index in [9.17, 15) is 0 Å². The van der Waals surface area contributed by atoms with Crippen LogP contribution in [0.3, 0.4) is 0 Å². The van der Waals surface area contributed by atoms with E-state index in [1.807, 2.05) is 0 Å². The van der Waals surface area contributed by atoms with Crippen molar-refractivity contribution in [2.24, 2.45) is 23.7 Å². The predicted molar refractivity (Wildman–Crippen MR) is 121 cm³/mol. The summed E-state index contributed by atoms with van der Waals surface area (Å²) in [7, 11) is 0. The number of rotatable bonds is 10. The molecule has 3 fully saturated rings. The van der Waals surface area contributed by atoms with Crippen molar-refractivity contribution in [1.82, 2.24) is 0 Å². The molecule has 3 aliphatic carbocycles. The molecule has 0 radical (unpaired) electrons. The van der Waals surface area contributed by atoms with Crippen molar-refractivity contribution in [1.29, 1.82) is 0 Å². The molecule has 0 bridgehead atoms. The highest BCUT2D eigenvalue weighted by atomic mass is 16.7. The Kier molecular flexibility index (Phi) is 10.4. The van der Waals surface area contributed by atoms with E-state index in [2.05, 4.69) is 27.7 Å². The van der Waals surface area contributed by atoms with Crippen LogP contribution in [0.2, 0.25) is 0 Å². The van der Waals surface area contributed by atoms with E-state index in [1.54, 1.807) is 0 Å². The first-order valence-electron chi connectivity index (χ1n) is 13.0. The van der Waals surface area contributed by atoms with Crippen molar-refractivity contribution in [3.05, 3.63) is 0 Å². The third-order valence-corrected chi connectivity index (χ3v) is 7.79. The minimum absolute atomic E-state index is 0.0646. The van der Waals surface area contributed by atoms with Crippen LogP contribution < -0.4 is 0 Å². The fourth-order valence-electron chi connectivity index (χ4n) is 5.46. The van der Waals surface area contributed by atoms with Gasteiger partial charge in [0.15, 0.2) is 12.6 Å². The van der Waals surface area contributed by atoms with E-state index < -0.39 is 0 Å². The summed E-state index contributed by atoms with van der Waals surface area (Å²) < 4.78 is 24.4. The Hall–Kier alpha value is -0.160. The first-order chi connectivity index (χ1) is 14.5. The molecule has 0 heterocycles. The third kappa shape index (κ3) is 8.76. The average Bonchev–Trinajstić information content (AvgIpc) is 2.75. The van der Waals surface area contributed by atoms with Crippen LogP contribution in [0.1, 0.15) is 105 Å². The van der Waals surface area contributed by atoms with E-state index in [0.29, 0.717) is 24.0 Å². The van der Waals surface area contributed by atoms with E-state index >= 15 is 0 Å². The molecule has 0 aliphatic heterocycles. The lowest BCUT2D eigenvalue weighted by atomic mass is 9.83. The first-order valence-corrected chi connectivity index (χ1v) is 13.0. The van der Waals surface area contributed by atoms with Gasteiger partial charge in [-0.15, -0.1) is 0 Å². The highest BCUT2D eigenvalue weighted by molar-refractivity contribution is 4.74. The summed E-state index contributed by atoms with van der Waals surface area (Å²) in [5, 5.41) is 0. The van der Waals surface area contributed by atoms with Gasteiger partial charge in [-0.3, -0.25) is 0 Å². The summed E-state index contributed by atoms with van der Waals surface area (Å²) in [5.74, 6) is 3.09. The van der Waals surface area contributed by atoms with Crippen molar-refractivity contribution in [3.8, 4) is 0 Å². The van der Waals surface area contributed by atoms with Gasteiger partial charge in [-0.1, -0.05) is 13.8 Å². The molecule has 2 unspecified atom stereocenters. The number of hydrogen-bond acceptors (Lipinski definition) is 4. The molecule has 4 heteroatoms. The van der Waals surface area contributed by atoms with Gasteiger partial charge in [0, 0.05) is 0 Å². The molecule has 3 saturated carbocycles. The predicted octanol–water partition coefficient (Wildman–Crippen LogP) is 6.71. The van der Waals surface area contributed by atoms with E-state index in [1.165, 1.54) is 77.0 Å². The van der Waals surface area contributed by atoms with Crippen molar-refractivity contribution in [3.63, 3.8) is 0 Å². The topological polar surface area (TPSA) is 36.9 Å². The largest absolute Gasteiger partial charge is 0.353 e. The van der Waals surface area contributed by atoms with E-state index in [4.69, 9.17) is 18.9 Å². The van der Waals surface area contributed by atoms with Crippen molar-refractivity contribution >= 4 is 0 Å². The molecule has 176 valence electrons. The zero-order chi connectivity index (χ0) is 21.3. The molecule has 3 rings (SSSR count). The number of hydrogen-bond donors (Lipinski definition) is 0. The molecular weight excluding hydrogens is 376 g/mol. The maximum absolute atomic E-state index is 6.13. The third-order valence-electron chi connectivity index (χ3n) is 7.79. The summed E-state index contributed by atoms with van der Waals surface area (Å²) in [6.07, 6.45) is 15.7. The molecule has 0 spiro atoms. The smallest absolute Gasteiger partial charge is 0.155 e. The minimum atomic E-state index is -0.0646. The van der Waals surface area contributed by atoms with Crippen molar-refractivity contribution in [2.45, 2.75) is 130 Å². The molecule has 0 amide bonds. The van der Waals surface area contributed by atoms with Gasteiger partial charge >= 0.3 is 0 Å². The maximum atomic E-state index is 6.13. The van der Waals surface area contributed by atoms with Crippen LogP contribution in [-0.2, 0) is 18.9 Å². The second kappa shape index (κ2) is 12.8. The molecule has 3 aliphatic rings. The van der Waals surface area contributed by atoms with Crippen LogP contribution in [0.25, 0.3) is 0 Å². The van der Waals surface area contributed by atoms with Gasteiger partial charge < -0.3 is 18.9 Å². The van der Waals surface area contributed by atoms with Crippen molar-refractivity contribution in [2.75, 3.05) is 13.2 Å². The van der Waals surface area contributed by atoms with Crippen LogP contribution in [0, 0.1) is 23.7 Å². The van der Waals surface area contributed by atoms with E-state index in [-0.39, 0.29) is 12.6 Å². The van der Waals surface area contributed by atoms with Gasteiger partial charge in [-0.05, 0) is 115 Å². The average molecular weight is 425 g/mol. The lowest BCUT2D eigenvalue weighted by Gasteiger charge is -2.32. The Morgan fingerprint density at radius 3 is 1.20 bits per heavy atom. The maximum Gasteiger partial charge on any atom is 0.155 e. The van der Waals surface area contributed by atoms with Crippen LogP contribution in [0.15, 0.2) is 0 Å². The molecule has 4 nitrogen and oxygen atoms in total. The van der Waals surface area contributed by atoms with Gasteiger partial charge in [0.05, 0.1) is 25.4 Å². The highest BCUT2D eigenvalue weighted by Gasteiger charge is 2.25. The molecule has 0 N–H and O–H groups in total. The van der Waals surface area contributed by atoms with Crippen molar-refractivity contribution < 1.29 is 18.9 Å². The Balaban J connectivity index is 1.21. The molecule has 0 aromatic carbocycles. The Labute approximate surface area is 185 Å². The lowest BCUT2D eigenvalue weighted by Crippen LogP contribution is -2.30. The Bertz CT molecular complexity index is 404. The normalized spacial score (nSPS) is 37.6. The lowest BCUT2D eigenvalue weighted by molar-refractivity contribution is -0.180. The first kappa shape index (κ1) is 24.5. The molecular formula is C26H48O4. The summed E-state index contributed by atoms with van der Waals surface area (Å²) in [6, 6.07) is 0. The van der Waals surface area contributed by atoms with Crippen LogP contribution >= 0.6 is 0 Å². The minimum Gasteiger partial charge on any atom is -0.353 e. The van der Waals surface area contributed by atoms with Gasteiger partial charge in [-0.2, -0.15) is 0 Å².